The van der Waals surface area contributed by atoms with Gasteiger partial charge in [-0.05, 0) is 0 Å². The molecule has 6 rings (SSSR count). The molecule has 4 aromatic carbocycles. The average Bonchev–Trinajstić information content (AvgIpc) is 3.68. The molecule has 0 fully saturated rings. The second-order valence-corrected chi connectivity index (χ2v) is 70.2. The van der Waals surface area contributed by atoms with Gasteiger partial charge in [0.2, 0.25) is 0 Å². The topological polar surface area (TPSA) is 0 Å². The molecule has 0 spiro atoms. The van der Waals surface area contributed by atoms with Crippen LogP contribution in [-0.4, -0.2) is 22.1 Å². The fourth-order valence-corrected chi connectivity index (χ4v) is 42.6. The van der Waals surface area contributed by atoms with Gasteiger partial charge in [-0.25, -0.2) is 0 Å². The molecule has 0 amide bonds. The molecule has 263 valence electrons. The predicted octanol–water partition coefficient (Wildman–Crippen LogP) is 13.1. The van der Waals surface area contributed by atoms with E-state index in [4.69, 9.17) is 17.0 Å². The van der Waals surface area contributed by atoms with E-state index in [1.54, 1.807) is 0 Å². The summed E-state index contributed by atoms with van der Waals surface area (Å²) in [5.74, 6) is -1.24. The van der Waals surface area contributed by atoms with Crippen LogP contribution in [0.1, 0.15) is 63.1 Å². The van der Waals surface area contributed by atoms with E-state index in [0.717, 1.165) is 12.8 Å². The van der Waals surface area contributed by atoms with E-state index in [-0.39, 0.29) is 7.25 Å². The summed E-state index contributed by atoms with van der Waals surface area (Å²) in [5, 5.41) is 2.99. The van der Waals surface area contributed by atoms with Crippen LogP contribution < -0.4 is 10.4 Å². The van der Waals surface area contributed by atoms with Gasteiger partial charge in [-0.3, -0.25) is 0 Å². The van der Waals surface area contributed by atoms with Crippen molar-refractivity contribution in [2.75, 3.05) is 0 Å². The number of allylic oxidation sites excluding steroid dienone is 2. The summed E-state index contributed by atoms with van der Waals surface area (Å²) in [4.78, 5) is 0. The Kier molecular flexibility index (Phi) is 10.5. The normalized spacial score (nSPS) is 19.0. The Morgan fingerprint density at radius 2 is 1.08 bits per heavy atom. The SMILES string of the molecule is CCC1=Cc2c(-c3ccc([Si](C)(C)C)cc3)cccc2[CH]1[Zr]([Cl])([Cl])([CH]1C(C(C)CC)=Cc2c(-c3ccc([Si](C)(C)C)cc3)cccc21)[SiH](C)C. The molecule has 50 heavy (non-hydrogen) atoms. The average molecular weight is 832 g/mol. The second-order valence-electron chi connectivity index (χ2n) is 17.5. The summed E-state index contributed by atoms with van der Waals surface area (Å²) in [6.07, 6.45) is 7.07. The van der Waals surface area contributed by atoms with E-state index in [1.165, 1.54) is 66.0 Å². The zero-order valence-corrected chi connectivity index (χ0v) is 39.3. The van der Waals surface area contributed by atoms with Gasteiger partial charge in [-0.15, -0.1) is 0 Å². The number of benzene rings is 4. The maximum absolute atomic E-state index is 8.77. The van der Waals surface area contributed by atoms with Crippen molar-refractivity contribution in [3.05, 3.63) is 118 Å². The standard InChI is InChI=1S/C22H27Si.C20H23Si.C2H7Si.2ClH.Zr/c1-6-16(2)19-14-18-8-7-9-21(22(18)15-19)17-10-12-20(13-11-17)23(3,4)5;1-5-15-13-17-7-6-8-19(20(17)14-15)16-9-11-18(12-10-16)21(2,3)4;1-3-2;;;/h7-16H,6H2,1-5H3;6-14H,5H2,1-4H3;3H,1-2H3;2*1H;/q;;;;;+2/p-2. The van der Waals surface area contributed by atoms with E-state index in [2.05, 4.69) is 170 Å². The minimum atomic E-state index is -4.87. The zero-order valence-electron chi connectivity index (χ0n) is 32.2. The molecule has 2 aliphatic carbocycles. The van der Waals surface area contributed by atoms with Gasteiger partial charge in [0.15, 0.2) is 0 Å². The number of rotatable bonds is 10. The first-order valence-corrected chi connectivity index (χ1v) is 42.2. The van der Waals surface area contributed by atoms with Crippen molar-refractivity contribution in [3.8, 4) is 22.3 Å². The number of fused-ring (bicyclic) bond motifs is 2. The van der Waals surface area contributed by atoms with Gasteiger partial charge in [0, 0.05) is 0 Å². The summed E-state index contributed by atoms with van der Waals surface area (Å²) in [6, 6.07) is 32.7. The molecular formula is C44H57Cl2Si3Zr. The summed E-state index contributed by atoms with van der Waals surface area (Å²) < 4.78 is 0.207. The number of halogens is 2. The molecule has 4 aromatic rings. The van der Waals surface area contributed by atoms with Gasteiger partial charge in [-0.1, -0.05) is 0 Å². The molecule has 3 atom stereocenters. The van der Waals surface area contributed by atoms with Crippen LogP contribution in [0.15, 0.2) is 96.1 Å². The predicted molar refractivity (Wildman–Crippen MR) is 231 cm³/mol. The molecule has 6 heteroatoms. The molecule has 0 aliphatic heterocycles. The fraction of sp³-hybridized carbons (Fsp3) is 0.364. The Hall–Kier alpha value is -1.53. The number of hydrogen-bond acceptors (Lipinski definition) is 0. The quantitative estimate of drug-likeness (QED) is 0.140. The summed E-state index contributed by atoms with van der Waals surface area (Å²) >= 11 is -4.87. The van der Waals surface area contributed by atoms with Crippen LogP contribution in [0.25, 0.3) is 34.4 Å². The van der Waals surface area contributed by atoms with Crippen LogP contribution in [-0.2, 0) is 15.6 Å². The second kappa shape index (κ2) is 13.7. The molecule has 0 bridgehead atoms. The van der Waals surface area contributed by atoms with Crippen molar-refractivity contribution < 1.29 is 15.6 Å². The van der Waals surface area contributed by atoms with Crippen LogP contribution >= 0.6 is 17.0 Å². The summed E-state index contributed by atoms with van der Waals surface area (Å²) in [5.41, 5.74) is 13.6. The van der Waals surface area contributed by atoms with Crippen molar-refractivity contribution in [1.29, 1.82) is 0 Å². The van der Waals surface area contributed by atoms with E-state index in [0.29, 0.717) is 5.92 Å². The Morgan fingerprint density at radius 3 is 1.48 bits per heavy atom. The Morgan fingerprint density at radius 1 is 0.640 bits per heavy atom. The third kappa shape index (κ3) is 6.41. The summed E-state index contributed by atoms with van der Waals surface area (Å²) in [6.45, 7) is 26.5. The first-order chi connectivity index (χ1) is 23.4. The van der Waals surface area contributed by atoms with Crippen LogP contribution in [0.4, 0.5) is 0 Å². The molecule has 3 unspecified atom stereocenters. The van der Waals surface area contributed by atoms with Crippen LogP contribution in [0.3, 0.4) is 0 Å². The molecule has 0 heterocycles. The Labute approximate surface area is 314 Å². The molecule has 0 aromatic heterocycles. The molecule has 0 radical (unpaired) electrons. The van der Waals surface area contributed by atoms with Crippen molar-refractivity contribution in [1.82, 2.24) is 0 Å². The van der Waals surface area contributed by atoms with E-state index in [1.807, 2.05) is 0 Å². The first kappa shape index (κ1) is 38.2. The first-order valence-electron chi connectivity index (χ1n) is 18.9. The van der Waals surface area contributed by atoms with E-state index < -0.39 is 37.6 Å². The van der Waals surface area contributed by atoms with Crippen LogP contribution in [0.2, 0.25) is 52.4 Å². The van der Waals surface area contributed by atoms with Crippen molar-refractivity contribution in [2.24, 2.45) is 5.92 Å². The van der Waals surface area contributed by atoms with E-state index >= 15 is 0 Å². The monoisotopic (exact) mass is 829 g/mol. The van der Waals surface area contributed by atoms with Gasteiger partial charge in [0.05, 0.1) is 0 Å². The fourth-order valence-electron chi connectivity index (χ4n) is 8.76. The van der Waals surface area contributed by atoms with Gasteiger partial charge in [-0.2, -0.15) is 0 Å². The third-order valence-corrected chi connectivity index (χ3v) is 68.1. The van der Waals surface area contributed by atoms with Crippen molar-refractivity contribution >= 4 is 61.6 Å². The zero-order chi connectivity index (χ0) is 36.4. The number of hydrogen-bond donors (Lipinski definition) is 0. The molecule has 0 saturated carbocycles. The Bertz CT molecular complexity index is 1980. The van der Waals surface area contributed by atoms with Crippen molar-refractivity contribution in [3.63, 3.8) is 0 Å². The van der Waals surface area contributed by atoms with Gasteiger partial charge in [0.25, 0.3) is 0 Å². The van der Waals surface area contributed by atoms with Gasteiger partial charge >= 0.3 is 317 Å². The Balaban J connectivity index is 1.55. The van der Waals surface area contributed by atoms with Gasteiger partial charge < -0.3 is 0 Å². The van der Waals surface area contributed by atoms with Crippen LogP contribution in [0.5, 0.6) is 0 Å². The maximum atomic E-state index is 8.77. The molecule has 0 N–H and O–H groups in total. The molecule has 0 nitrogen and oxygen atoms in total. The molecule has 2 aliphatic rings. The van der Waals surface area contributed by atoms with Crippen molar-refractivity contribution in [2.45, 2.75) is 93.2 Å². The molecular weight excluding hydrogens is 775 g/mol. The van der Waals surface area contributed by atoms with E-state index in [9.17, 15) is 0 Å². The van der Waals surface area contributed by atoms with Gasteiger partial charge in [0.1, 0.15) is 0 Å². The summed E-state index contributed by atoms with van der Waals surface area (Å²) in [7, 11) is 14.8. The van der Waals surface area contributed by atoms with Crippen LogP contribution in [0, 0.1) is 5.92 Å². The molecule has 0 saturated heterocycles. The third-order valence-electron chi connectivity index (χ3n) is 12.2. The minimum absolute atomic E-state index is 0.100.